The van der Waals surface area contributed by atoms with E-state index in [1.165, 1.54) is 11.3 Å². The monoisotopic (exact) mass is 282 g/mol. The van der Waals surface area contributed by atoms with Crippen LogP contribution in [-0.2, 0) is 0 Å². The Bertz CT molecular complexity index is 431. The molecule has 5 heteroatoms. The predicted molar refractivity (Wildman–Crippen MR) is 78.0 cm³/mol. The summed E-state index contributed by atoms with van der Waals surface area (Å²) < 4.78 is 5.26. The smallest absolute Gasteiger partial charge is 0.268 e. The molecule has 4 nitrogen and oxygen atoms in total. The fraction of sp³-hybridized carbons (Fsp3) is 0.643. The van der Waals surface area contributed by atoms with Crippen molar-refractivity contribution in [2.75, 3.05) is 26.7 Å². The van der Waals surface area contributed by atoms with Crippen molar-refractivity contribution in [3.05, 3.63) is 16.3 Å². The standard InChI is InChI=1S/C14H22N2O2S/c1-10(2)8-11-9-15-5-6-16(11)14(17)13-12(18-3)4-7-19-13/h4,7,10-11,15H,5-6,8-9H2,1-3H3. The fourth-order valence-electron chi connectivity index (χ4n) is 2.53. The molecule has 1 atom stereocenters. The van der Waals surface area contributed by atoms with Gasteiger partial charge in [-0.1, -0.05) is 13.8 Å². The quantitative estimate of drug-likeness (QED) is 0.920. The van der Waals surface area contributed by atoms with Crippen LogP contribution in [0.4, 0.5) is 0 Å². The van der Waals surface area contributed by atoms with Gasteiger partial charge >= 0.3 is 0 Å². The van der Waals surface area contributed by atoms with E-state index in [9.17, 15) is 4.79 Å². The van der Waals surface area contributed by atoms with Gasteiger partial charge in [0.15, 0.2) is 0 Å². The third-order valence-corrected chi connectivity index (χ3v) is 4.28. The number of ether oxygens (including phenoxy) is 1. The number of carbonyl (C=O) groups excluding carboxylic acids is 1. The number of piperazine rings is 1. The van der Waals surface area contributed by atoms with Crippen LogP contribution in [0.2, 0.25) is 0 Å². The van der Waals surface area contributed by atoms with Crippen molar-refractivity contribution in [3.8, 4) is 5.75 Å². The van der Waals surface area contributed by atoms with Crippen LogP contribution in [0.5, 0.6) is 5.75 Å². The Kier molecular flexibility index (Phi) is 4.82. The van der Waals surface area contributed by atoms with Gasteiger partial charge in [0, 0.05) is 25.7 Å². The zero-order chi connectivity index (χ0) is 13.8. The van der Waals surface area contributed by atoms with Crippen LogP contribution in [0.1, 0.15) is 29.9 Å². The van der Waals surface area contributed by atoms with Gasteiger partial charge in [0.2, 0.25) is 0 Å². The molecule has 0 aliphatic carbocycles. The largest absolute Gasteiger partial charge is 0.495 e. The number of amides is 1. The molecule has 2 rings (SSSR count). The summed E-state index contributed by atoms with van der Waals surface area (Å²) in [6.07, 6.45) is 1.03. The van der Waals surface area contributed by atoms with Gasteiger partial charge in [0.1, 0.15) is 10.6 Å². The lowest BCUT2D eigenvalue weighted by Gasteiger charge is -2.37. The molecule has 2 heterocycles. The molecular weight excluding hydrogens is 260 g/mol. The molecule has 0 spiro atoms. The van der Waals surface area contributed by atoms with E-state index in [4.69, 9.17) is 4.74 Å². The predicted octanol–water partition coefficient (Wildman–Crippen LogP) is 2.22. The maximum atomic E-state index is 12.7. The van der Waals surface area contributed by atoms with E-state index >= 15 is 0 Å². The van der Waals surface area contributed by atoms with Crippen molar-refractivity contribution in [1.29, 1.82) is 0 Å². The summed E-state index contributed by atoms with van der Waals surface area (Å²) in [6, 6.07) is 2.14. The summed E-state index contributed by atoms with van der Waals surface area (Å²) in [4.78, 5) is 15.4. The Balaban J connectivity index is 2.15. The van der Waals surface area contributed by atoms with Crippen molar-refractivity contribution in [1.82, 2.24) is 10.2 Å². The maximum Gasteiger partial charge on any atom is 0.268 e. The molecule has 1 fully saturated rings. The molecule has 0 radical (unpaired) electrons. The first-order valence-electron chi connectivity index (χ1n) is 6.76. The van der Waals surface area contributed by atoms with Crippen LogP contribution in [-0.4, -0.2) is 43.6 Å². The van der Waals surface area contributed by atoms with E-state index in [2.05, 4.69) is 19.2 Å². The van der Waals surface area contributed by atoms with Crippen molar-refractivity contribution in [2.45, 2.75) is 26.3 Å². The van der Waals surface area contributed by atoms with Gasteiger partial charge in [0.05, 0.1) is 7.11 Å². The first-order chi connectivity index (χ1) is 9.13. The van der Waals surface area contributed by atoms with Crippen molar-refractivity contribution >= 4 is 17.2 Å². The summed E-state index contributed by atoms with van der Waals surface area (Å²) in [5.74, 6) is 1.39. The molecule has 1 aromatic rings. The van der Waals surface area contributed by atoms with Crippen LogP contribution < -0.4 is 10.1 Å². The number of hydrogen-bond donors (Lipinski definition) is 1. The van der Waals surface area contributed by atoms with Gasteiger partial charge in [-0.05, 0) is 23.8 Å². The summed E-state index contributed by atoms with van der Waals surface area (Å²) >= 11 is 1.46. The Morgan fingerprint density at radius 2 is 2.42 bits per heavy atom. The van der Waals surface area contributed by atoms with E-state index in [0.29, 0.717) is 11.7 Å². The number of nitrogens with zero attached hydrogens (tertiary/aromatic N) is 1. The van der Waals surface area contributed by atoms with Crippen LogP contribution in [0, 0.1) is 5.92 Å². The highest BCUT2D eigenvalue weighted by molar-refractivity contribution is 7.12. The highest BCUT2D eigenvalue weighted by Crippen LogP contribution is 2.27. The normalized spacial score (nSPS) is 19.8. The van der Waals surface area contributed by atoms with Crippen molar-refractivity contribution in [3.63, 3.8) is 0 Å². The van der Waals surface area contributed by atoms with Crippen molar-refractivity contribution in [2.24, 2.45) is 5.92 Å². The molecule has 0 aromatic carbocycles. The highest BCUT2D eigenvalue weighted by atomic mass is 32.1. The number of carbonyl (C=O) groups is 1. The minimum absolute atomic E-state index is 0.110. The Morgan fingerprint density at radius 3 is 3.11 bits per heavy atom. The molecule has 1 aliphatic rings. The van der Waals surface area contributed by atoms with Crippen LogP contribution in [0.3, 0.4) is 0 Å². The molecule has 1 N–H and O–H groups in total. The van der Waals surface area contributed by atoms with E-state index in [-0.39, 0.29) is 11.9 Å². The third kappa shape index (κ3) is 3.28. The first kappa shape index (κ1) is 14.3. The lowest BCUT2D eigenvalue weighted by atomic mass is 10.0. The number of nitrogens with one attached hydrogen (secondary N) is 1. The van der Waals surface area contributed by atoms with Gasteiger partial charge in [-0.25, -0.2) is 0 Å². The van der Waals surface area contributed by atoms with Gasteiger partial charge in [-0.2, -0.15) is 0 Å². The topological polar surface area (TPSA) is 41.6 Å². The fourth-order valence-corrected chi connectivity index (χ4v) is 3.34. The summed E-state index contributed by atoms with van der Waals surface area (Å²) in [5, 5.41) is 5.29. The SMILES string of the molecule is COc1ccsc1C(=O)N1CCNCC1CC(C)C. The molecule has 106 valence electrons. The molecule has 0 bridgehead atoms. The second-order valence-corrected chi connectivity index (χ2v) is 6.22. The molecule has 1 aliphatic heterocycles. The van der Waals surface area contributed by atoms with E-state index in [1.54, 1.807) is 7.11 Å². The molecular formula is C14H22N2O2S. The second kappa shape index (κ2) is 6.39. The number of thiophene rings is 1. The Morgan fingerprint density at radius 1 is 1.63 bits per heavy atom. The van der Waals surface area contributed by atoms with Crippen LogP contribution >= 0.6 is 11.3 Å². The van der Waals surface area contributed by atoms with Gasteiger partial charge in [-0.3, -0.25) is 4.79 Å². The first-order valence-corrected chi connectivity index (χ1v) is 7.64. The third-order valence-electron chi connectivity index (χ3n) is 3.40. The molecule has 0 saturated carbocycles. The summed E-state index contributed by atoms with van der Waals surface area (Å²) in [5.41, 5.74) is 0. The van der Waals surface area contributed by atoms with Gasteiger partial charge in [0.25, 0.3) is 5.91 Å². The molecule has 1 saturated heterocycles. The molecule has 1 unspecified atom stereocenters. The van der Waals surface area contributed by atoms with E-state index in [1.807, 2.05) is 16.3 Å². The summed E-state index contributed by atoms with van der Waals surface area (Å²) in [7, 11) is 1.61. The number of hydrogen-bond acceptors (Lipinski definition) is 4. The number of rotatable bonds is 4. The second-order valence-electron chi connectivity index (χ2n) is 5.30. The maximum absolute atomic E-state index is 12.7. The molecule has 1 aromatic heterocycles. The van der Waals surface area contributed by atoms with Crippen LogP contribution in [0.15, 0.2) is 11.4 Å². The molecule has 19 heavy (non-hydrogen) atoms. The Hall–Kier alpha value is -1.07. The lowest BCUT2D eigenvalue weighted by Crippen LogP contribution is -2.53. The highest BCUT2D eigenvalue weighted by Gasteiger charge is 2.29. The van der Waals surface area contributed by atoms with E-state index in [0.717, 1.165) is 30.9 Å². The van der Waals surface area contributed by atoms with Crippen LogP contribution in [0.25, 0.3) is 0 Å². The zero-order valence-electron chi connectivity index (χ0n) is 11.8. The summed E-state index contributed by atoms with van der Waals surface area (Å²) in [6.45, 7) is 6.93. The average Bonchev–Trinajstić information content (AvgIpc) is 2.86. The lowest BCUT2D eigenvalue weighted by molar-refractivity contribution is 0.0612. The minimum Gasteiger partial charge on any atom is -0.495 e. The van der Waals surface area contributed by atoms with Gasteiger partial charge < -0.3 is 15.0 Å². The van der Waals surface area contributed by atoms with Gasteiger partial charge in [-0.15, -0.1) is 11.3 Å². The van der Waals surface area contributed by atoms with Crippen molar-refractivity contribution < 1.29 is 9.53 Å². The zero-order valence-corrected chi connectivity index (χ0v) is 12.6. The minimum atomic E-state index is 0.110. The number of methoxy groups -OCH3 is 1. The molecule has 1 amide bonds. The Labute approximate surface area is 118 Å². The average molecular weight is 282 g/mol. The van der Waals surface area contributed by atoms with E-state index < -0.39 is 0 Å².